The number of aromatic nitrogens is 1. The van der Waals surface area contributed by atoms with Crippen molar-refractivity contribution < 1.29 is 4.39 Å². The minimum absolute atomic E-state index is 0.574. The first-order valence-electron chi connectivity index (χ1n) is 7.24. The van der Waals surface area contributed by atoms with Gasteiger partial charge in [0, 0.05) is 16.5 Å². The van der Waals surface area contributed by atoms with Gasteiger partial charge in [-0.25, -0.2) is 4.39 Å². The quantitative estimate of drug-likeness (QED) is 0.444. The molecular weight excluding hydrogens is 273 g/mol. The van der Waals surface area contributed by atoms with E-state index in [1.54, 1.807) is 0 Å². The Morgan fingerprint density at radius 1 is 0.727 bits per heavy atom. The van der Waals surface area contributed by atoms with E-state index in [4.69, 9.17) is 0 Å². The maximum Gasteiger partial charge on any atom is 0.0872 e. The van der Waals surface area contributed by atoms with Gasteiger partial charge in [0.25, 0.3) is 0 Å². The number of benzene rings is 3. The molecule has 0 aliphatic carbocycles. The van der Waals surface area contributed by atoms with Crippen LogP contribution in [0.1, 0.15) is 5.56 Å². The fraction of sp³-hybridized carbons (Fsp3) is 0. The summed E-state index contributed by atoms with van der Waals surface area (Å²) in [6, 6.07) is 24.6. The Balaban J connectivity index is 2.10. The zero-order valence-corrected chi connectivity index (χ0v) is 11.9. The van der Waals surface area contributed by atoms with E-state index in [1.807, 2.05) is 30.3 Å². The second-order valence-corrected chi connectivity index (χ2v) is 5.26. The third-order valence-corrected chi connectivity index (χ3v) is 3.96. The summed E-state index contributed by atoms with van der Waals surface area (Å²) in [7, 11) is 0. The largest absolute Gasteiger partial charge is 0.309 e. The minimum atomic E-state index is 0.574. The standard InChI is InChI=1S/C20H14FN/c21-13-12-15-6-5-7-16(14-15)22-19-10-3-1-8-17(19)18-9-2-4-11-20(18)22/h1-14H. The number of hydrogen-bond donors (Lipinski definition) is 0. The molecular formula is C20H14FN. The van der Waals surface area contributed by atoms with Crippen LogP contribution in [0.15, 0.2) is 79.1 Å². The van der Waals surface area contributed by atoms with Crippen LogP contribution in [0.4, 0.5) is 4.39 Å². The molecule has 0 bridgehead atoms. The lowest BCUT2D eigenvalue weighted by Gasteiger charge is -2.08. The van der Waals surface area contributed by atoms with Crippen LogP contribution >= 0.6 is 0 Å². The van der Waals surface area contributed by atoms with Crippen molar-refractivity contribution in [1.82, 2.24) is 4.57 Å². The molecule has 106 valence electrons. The molecule has 0 aliphatic rings. The SMILES string of the molecule is FC=Cc1cccc(-n2c3ccccc3c3ccccc32)c1. The fourth-order valence-electron chi connectivity index (χ4n) is 3.04. The summed E-state index contributed by atoms with van der Waals surface area (Å²) in [5, 5.41) is 2.45. The molecule has 0 saturated carbocycles. The Morgan fingerprint density at radius 3 is 2.00 bits per heavy atom. The van der Waals surface area contributed by atoms with Crippen LogP contribution in [0.3, 0.4) is 0 Å². The topological polar surface area (TPSA) is 4.93 Å². The molecule has 0 atom stereocenters. The molecule has 1 nitrogen and oxygen atoms in total. The third-order valence-electron chi connectivity index (χ3n) is 3.96. The molecule has 0 N–H and O–H groups in total. The van der Waals surface area contributed by atoms with Gasteiger partial charge in [0.1, 0.15) is 0 Å². The fourth-order valence-corrected chi connectivity index (χ4v) is 3.04. The zero-order valence-electron chi connectivity index (χ0n) is 11.9. The van der Waals surface area contributed by atoms with E-state index >= 15 is 0 Å². The maximum atomic E-state index is 12.5. The van der Waals surface area contributed by atoms with E-state index in [0.29, 0.717) is 6.33 Å². The number of halogens is 1. The van der Waals surface area contributed by atoms with Crippen molar-refractivity contribution >= 4 is 27.9 Å². The molecule has 1 aromatic heterocycles. The van der Waals surface area contributed by atoms with Gasteiger partial charge in [-0.1, -0.05) is 48.5 Å². The maximum absolute atomic E-state index is 12.5. The number of rotatable bonds is 2. The van der Waals surface area contributed by atoms with Gasteiger partial charge >= 0.3 is 0 Å². The van der Waals surface area contributed by atoms with Crippen LogP contribution in [0.2, 0.25) is 0 Å². The molecule has 4 aromatic rings. The average Bonchev–Trinajstić information content (AvgIpc) is 2.90. The molecule has 3 aromatic carbocycles. The molecule has 0 fully saturated rings. The minimum Gasteiger partial charge on any atom is -0.309 e. The van der Waals surface area contributed by atoms with Crippen LogP contribution in [0.25, 0.3) is 33.6 Å². The Hall–Kier alpha value is -2.87. The molecule has 0 radical (unpaired) electrons. The Labute approximate surface area is 127 Å². The van der Waals surface area contributed by atoms with Crippen LogP contribution in [0, 0.1) is 0 Å². The molecule has 0 saturated heterocycles. The molecule has 0 spiro atoms. The molecule has 1 heterocycles. The summed E-state index contributed by atoms with van der Waals surface area (Å²) in [5.41, 5.74) is 4.20. The highest BCUT2D eigenvalue weighted by Crippen LogP contribution is 2.31. The van der Waals surface area contributed by atoms with Gasteiger partial charge in [0.05, 0.1) is 17.4 Å². The Kier molecular flexibility index (Phi) is 3.01. The van der Waals surface area contributed by atoms with Crippen molar-refractivity contribution in [3.05, 3.63) is 84.7 Å². The number of para-hydroxylation sites is 2. The lowest BCUT2D eigenvalue weighted by Crippen LogP contribution is -1.93. The second kappa shape index (κ2) is 5.15. The lowest BCUT2D eigenvalue weighted by atomic mass is 10.2. The van der Waals surface area contributed by atoms with E-state index in [0.717, 1.165) is 22.3 Å². The van der Waals surface area contributed by atoms with Crippen molar-refractivity contribution in [3.63, 3.8) is 0 Å². The van der Waals surface area contributed by atoms with Crippen LogP contribution in [-0.4, -0.2) is 4.57 Å². The first-order chi connectivity index (χ1) is 10.9. The Bertz CT molecular complexity index is 942. The zero-order chi connectivity index (χ0) is 14.9. The second-order valence-electron chi connectivity index (χ2n) is 5.26. The number of fused-ring (bicyclic) bond motifs is 3. The van der Waals surface area contributed by atoms with Crippen LogP contribution in [0.5, 0.6) is 0 Å². The number of hydrogen-bond acceptors (Lipinski definition) is 0. The van der Waals surface area contributed by atoms with Gasteiger partial charge in [0.2, 0.25) is 0 Å². The molecule has 4 rings (SSSR count). The molecule has 2 heteroatoms. The number of nitrogens with zero attached hydrogens (tertiary/aromatic N) is 1. The van der Waals surface area contributed by atoms with E-state index in [1.165, 1.54) is 16.8 Å². The molecule has 0 aliphatic heterocycles. The van der Waals surface area contributed by atoms with E-state index < -0.39 is 0 Å². The Morgan fingerprint density at radius 2 is 1.36 bits per heavy atom. The summed E-state index contributed by atoms with van der Waals surface area (Å²) in [5.74, 6) is 0. The average molecular weight is 287 g/mol. The van der Waals surface area contributed by atoms with E-state index in [-0.39, 0.29) is 0 Å². The van der Waals surface area contributed by atoms with Gasteiger partial charge in [-0.2, -0.15) is 0 Å². The van der Waals surface area contributed by atoms with Gasteiger partial charge in [-0.15, -0.1) is 0 Å². The molecule has 22 heavy (non-hydrogen) atoms. The lowest BCUT2D eigenvalue weighted by molar-refractivity contribution is 0.727. The molecule has 0 amide bonds. The summed E-state index contributed by atoms with van der Waals surface area (Å²) in [6.45, 7) is 0. The highest BCUT2D eigenvalue weighted by molar-refractivity contribution is 6.09. The van der Waals surface area contributed by atoms with Crippen LogP contribution in [-0.2, 0) is 0 Å². The smallest absolute Gasteiger partial charge is 0.0872 e. The van der Waals surface area contributed by atoms with Crippen molar-refractivity contribution in [1.29, 1.82) is 0 Å². The van der Waals surface area contributed by atoms with Crippen molar-refractivity contribution in [3.8, 4) is 5.69 Å². The summed E-state index contributed by atoms with van der Waals surface area (Å²) in [4.78, 5) is 0. The van der Waals surface area contributed by atoms with Gasteiger partial charge in [0.15, 0.2) is 0 Å². The van der Waals surface area contributed by atoms with Crippen molar-refractivity contribution in [2.45, 2.75) is 0 Å². The highest BCUT2D eigenvalue weighted by Gasteiger charge is 2.10. The predicted molar refractivity (Wildman–Crippen MR) is 90.9 cm³/mol. The summed E-state index contributed by atoms with van der Waals surface area (Å²) < 4.78 is 14.7. The van der Waals surface area contributed by atoms with E-state index in [2.05, 4.69) is 47.0 Å². The highest BCUT2D eigenvalue weighted by atomic mass is 19.1. The first kappa shape index (κ1) is 12.8. The van der Waals surface area contributed by atoms with Gasteiger partial charge in [-0.05, 0) is 35.9 Å². The third kappa shape index (κ3) is 1.92. The summed E-state index contributed by atoms with van der Waals surface area (Å²) in [6.07, 6.45) is 2.04. The normalized spacial score (nSPS) is 11.7. The first-order valence-corrected chi connectivity index (χ1v) is 7.24. The molecule has 0 unspecified atom stereocenters. The van der Waals surface area contributed by atoms with Gasteiger partial charge in [-0.3, -0.25) is 0 Å². The van der Waals surface area contributed by atoms with Crippen molar-refractivity contribution in [2.24, 2.45) is 0 Å². The van der Waals surface area contributed by atoms with Crippen LogP contribution < -0.4 is 0 Å². The predicted octanol–water partition coefficient (Wildman–Crippen LogP) is 5.72. The van der Waals surface area contributed by atoms with Crippen molar-refractivity contribution in [2.75, 3.05) is 0 Å². The van der Waals surface area contributed by atoms with Gasteiger partial charge < -0.3 is 4.57 Å². The van der Waals surface area contributed by atoms with E-state index in [9.17, 15) is 4.39 Å². The summed E-state index contributed by atoms with van der Waals surface area (Å²) >= 11 is 0. The monoisotopic (exact) mass is 287 g/mol.